The zero-order valence-corrected chi connectivity index (χ0v) is 7.29. The Labute approximate surface area is 80.7 Å². The van der Waals surface area contributed by atoms with Gasteiger partial charge in [0, 0.05) is 24.2 Å². The Hall–Kier alpha value is -2.10. The van der Waals surface area contributed by atoms with Gasteiger partial charge in [0.05, 0.1) is 0 Å². The van der Waals surface area contributed by atoms with Gasteiger partial charge >= 0.3 is 0 Å². The van der Waals surface area contributed by atoms with Crippen molar-refractivity contribution in [2.45, 2.75) is 0 Å². The summed E-state index contributed by atoms with van der Waals surface area (Å²) in [5, 5.41) is 0. The Bertz CT molecular complexity index is 386. The first-order valence-electron chi connectivity index (χ1n) is 4.08. The first-order chi connectivity index (χ1) is 6.88. The molecule has 2 heterocycles. The first-order valence-corrected chi connectivity index (χ1v) is 4.08. The molecule has 68 valence electrons. The molecule has 0 atom stereocenters. The van der Waals surface area contributed by atoms with Crippen LogP contribution in [0, 0.1) is 0 Å². The lowest BCUT2D eigenvalue weighted by Crippen LogP contribution is -2.03. The number of ketones is 1. The molecule has 0 aliphatic rings. The Balaban J connectivity index is 2.35. The van der Waals surface area contributed by atoms with Crippen LogP contribution in [0.1, 0.15) is 16.1 Å². The summed E-state index contributed by atoms with van der Waals surface area (Å²) in [5.41, 5.74) is 0.916. The molecule has 0 spiro atoms. The molecule has 4 heteroatoms. The highest BCUT2D eigenvalue weighted by Gasteiger charge is 2.08. The maximum Gasteiger partial charge on any atom is 0.213 e. The van der Waals surface area contributed by atoms with Crippen LogP contribution in [0.4, 0.5) is 0 Å². The topological polar surface area (TPSA) is 55.7 Å². The van der Waals surface area contributed by atoms with Crippen molar-refractivity contribution < 1.29 is 4.79 Å². The van der Waals surface area contributed by atoms with Crippen LogP contribution < -0.4 is 0 Å². The number of carbonyl (C=O) groups excluding carboxylic acids is 1. The van der Waals surface area contributed by atoms with E-state index in [1.54, 1.807) is 24.4 Å². The molecular weight excluding hydrogens is 178 g/mol. The third-order valence-corrected chi connectivity index (χ3v) is 1.74. The summed E-state index contributed by atoms with van der Waals surface area (Å²) in [6.07, 6.45) is 6.03. The quantitative estimate of drug-likeness (QED) is 0.657. The molecule has 2 rings (SSSR count). The number of nitrogens with zero attached hydrogens (tertiary/aromatic N) is 3. The van der Waals surface area contributed by atoms with Gasteiger partial charge in [-0.05, 0) is 18.2 Å². The summed E-state index contributed by atoms with van der Waals surface area (Å²) >= 11 is 0. The van der Waals surface area contributed by atoms with E-state index in [0.717, 1.165) is 0 Å². The molecule has 14 heavy (non-hydrogen) atoms. The fourth-order valence-corrected chi connectivity index (χ4v) is 1.07. The smallest absolute Gasteiger partial charge is 0.213 e. The van der Waals surface area contributed by atoms with Crippen LogP contribution in [0.3, 0.4) is 0 Å². The van der Waals surface area contributed by atoms with Gasteiger partial charge in [0.25, 0.3) is 0 Å². The van der Waals surface area contributed by atoms with Crippen molar-refractivity contribution in [1.82, 2.24) is 15.0 Å². The summed E-state index contributed by atoms with van der Waals surface area (Å²) in [4.78, 5) is 23.2. The predicted octanol–water partition coefficient (Wildman–Crippen LogP) is 1.10. The Morgan fingerprint density at radius 2 is 2.07 bits per heavy atom. The average Bonchev–Trinajstić information content (AvgIpc) is 2.30. The van der Waals surface area contributed by atoms with Crippen molar-refractivity contribution in [3.63, 3.8) is 0 Å². The van der Waals surface area contributed by atoms with Crippen LogP contribution in [0.5, 0.6) is 0 Å². The molecule has 0 fully saturated rings. The number of carbonyl (C=O) groups is 1. The first kappa shape index (κ1) is 8.50. The standard InChI is InChI=1S/C10H7N3O/c14-10(8-2-1-4-11-6-8)9-3-5-12-7-13-9/h1-7H. The van der Waals surface area contributed by atoms with Gasteiger partial charge in [-0.15, -0.1) is 0 Å². The highest BCUT2D eigenvalue weighted by atomic mass is 16.1. The SMILES string of the molecule is O=C(c1cccnc1)c1ccncn1. The molecule has 0 aliphatic carbocycles. The molecule has 4 nitrogen and oxygen atoms in total. The zero-order valence-electron chi connectivity index (χ0n) is 7.29. The van der Waals surface area contributed by atoms with E-state index in [4.69, 9.17) is 0 Å². The highest BCUT2D eigenvalue weighted by Crippen LogP contribution is 2.03. The summed E-state index contributed by atoms with van der Waals surface area (Å²) in [6, 6.07) is 5.00. The maximum absolute atomic E-state index is 11.7. The van der Waals surface area contributed by atoms with E-state index in [1.807, 2.05) is 0 Å². The van der Waals surface area contributed by atoms with Gasteiger partial charge in [-0.2, -0.15) is 0 Å². The fraction of sp³-hybridized carbons (Fsp3) is 0. The van der Waals surface area contributed by atoms with E-state index in [0.29, 0.717) is 11.3 Å². The molecule has 0 radical (unpaired) electrons. The lowest BCUT2D eigenvalue weighted by Gasteiger charge is -1.97. The van der Waals surface area contributed by atoms with Crippen molar-refractivity contribution in [2.75, 3.05) is 0 Å². The number of pyridine rings is 1. The second kappa shape index (κ2) is 3.74. The molecule has 0 saturated carbocycles. The van der Waals surface area contributed by atoms with E-state index in [2.05, 4.69) is 15.0 Å². The Kier molecular flexibility index (Phi) is 2.27. The third kappa shape index (κ3) is 1.64. The molecule has 0 unspecified atom stereocenters. The molecule has 0 N–H and O–H groups in total. The van der Waals surface area contributed by atoms with E-state index in [9.17, 15) is 4.79 Å². The Morgan fingerprint density at radius 3 is 2.71 bits per heavy atom. The lowest BCUT2D eigenvalue weighted by molar-refractivity contribution is 0.103. The second-order valence-electron chi connectivity index (χ2n) is 2.67. The largest absolute Gasteiger partial charge is 0.287 e. The van der Waals surface area contributed by atoms with Crippen LogP contribution in [0.25, 0.3) is 0 Å². The number of aromatic nitrogens is 3. The number of hydrogen-bond acceptors (Lipinski definition) is 4. The minimum Gasteiger partial charge on any atom is -0.287 e. The van der Waals surface area contributed by atoms with Crippen molar-refractivity contribution >= 4 is 5.78 Å². The minimum atomic E-state index is -0.138. The van der Waals surface area contributed by atoms with E-state index in [-0.39, 0.29) is 5.78 Å². The van der Waals surface area contributed by atoms with Gasteiger partial charge in [0.15, 0.2) is 0 Å². The van der Waals surface area contributed by atoms with Crippen LogP contribution >= 0.6 is 0 Å². The summed E-state index contributed by atoms with van der Waals surface area (Å²) in [7, 11) is 0. The molecule has 0 aliphatic heterocycles. The van der Waals surface area contributed by atoms with E-state index >= 15 is 0 Å². The van der Waals surface area contributed by atoms with Crippen molar-refractivity contribution in [3.8, 4) is 0 Å². The number of hydrogen-bond donors (Lipinski definition) is 0. The average molecular weight is 185 g/mol. The van der Waals surface area contributed by atoms with Gasteiger partial charge in [0.1, 0.15) is 12.0 Å². The van der Waals surface area contributed by atoms with Crippen molar-refractivity contribution in [1.29, 1.82) is 0 Å². The summed E-state index contributed by atoms with van der Waals surface area (Å²) < 4.78 is 0. The molecule has 0 amide bonds. The molecule has 0 bridgehead atoms. The van der Waals surface area contributed by atoms with Crippen LogP contribution in [0.2, 0.25) is 0 Å². The summed E-state index contributed by atoms with van der Waals surface area (Å²) in [5.74, 6) is -0.138. The van der Waals surface area contributed by atoms with E-state index < -0.39 is 0 Å². The normalized spacial score (nSPS) is 9.71. The molecule has 0 aromatic carbocycles. The maximum atomic E-state index is 11.7. The molecule has 0 saturated heterocycles. The predicted molar refractivity (Wildman–Crippen MR) is 49.7 cm³/mol. The van der Waals surface area contributed by atoms with Crippen LogP contribution in [0.15, 0.2) is 43.1 Å². The van der Waals surface area contributed by atoms with Crippen molar-refractivity contribution in [3.05, 3.63) is 54.4 Å². The fourth-order valence-electron chi connectivity index (χ4n) is 1.07. The molecule has 2 aromatic rings. The van der Waals surface area contributed by atoms with Gasteiger partial charge in [-0.1, -0.05) is 0 Å². The third-order valence-electron chi connectivity index (χ3n) is 1.74. The van der Waals surface area contributed by atoms with Gasteiger partial charge in [-0.3, -0.25) is 9.78 Å². The summed E-state index contributed by atoms with van der Waals surface area (Å²) in [6.45, 7) is 0. The van der Waals surface area contributed by atoms with Gasteiger partial charge < -0.3 is 0 Å². The highest BCUT2D eigenvalue weighted by molar-refractivity contribution is 6.07. The zero-order chi connectivity index (χ0) is 9.80. The lowest BCUT2D eigenvalue weighted by atomic mass is 10.1. The number of rotatable bonds is 2. The second-order valence-corrected chi connectivity index (χ2v) is 2.67. The monoisotopic (exact) mass is 185 g/mol. The molecular formula is C10H7N3O. The van der Waals surface area contributed by atoms with Crippen LogP contribution in [-0.2, 0) is 0 Å². The molecule has 2 aromatic heterocycles. The van der Waals surface area contributed by atoms with Gasteiger partial charge in [-0.25, -0.2) is 9.97 Å². The minimum absolute atomic E-state index is 0.138. The van der Waals surface area contributed by atoms with Gasteiger partial charge in [0.2, 0.25) is 5.78 Å². The van der Waals surface area contributed by atoms with Crippen LogP contribution in [-0.4, -0.2) is 20.7 Å². The Morgan fingerprint density at radius 1 is 1.14 bits per heavy atom. The van der Waals surface area contributed by atoms with E-state index in [1.165, 1.54) is 18.7 Å². The van der Waals surface area contributed by atoms with Crippen molar-refractivity contribution in [2.24, 2.45) is 0 Å².